The molecule has 0 saturated heterocycles. The first-order valence-electron chi connectivity index (χ1n) is 8.33. The summed E-state index contributed by atoms with van der Waals surface area (Å²) in [5.41, 5.74) is 6.08. The molecular formula is C21H27NO3. The van der Waals surface area contributed by atoms with Crippen LogP contribution in [0.4, 0.5) is 0 Å². The summed E-state index contributed by atoms with van der Waals surface area (Å²) in [4.78, 5) is 14.7. The van der Waals surface area contributed by atoms with Gasteiger partial charge in [0.2, 0.25) is 0 Å². The highest BCUT2D eigenvalue weighted by atomic mass is 16.5. The molecule has 0 saturated carbocycles. The predicted octanol–water partition coefficient (Wildman–Crippen LogP) is 4.21. The Bertz CT molecular complexity index is 773. The van der Waals surface area contributed by atoms with Crippen molar-refractivity contribution < 1.29 is 14.3 Å². The maximum Gasteiger partial charge on any atom is 0.254 e. The van der Waals surface area contributed by atoms with Crippen molar-refractivity contribution in [2.24, 2.45) is 0 Å². The van der Waals surface area contributed by atoms with Gasteiger partial charge in [0.25, 0.3) is 5.91 Å². The van der Waals surface area contributed by atoms with Crippen LogP contribution in [0, 0.1) is 27.7 Å². The van der Waals surface area contributed by atoms with E-state index in [9.17, 15) is 4.79 Å². The van der Waals surface area contributed by atoms with Crippen molar-refractivity contribution in [2.75, 3.05) is 21.3 Å². The van der Waals surface area contributed by atoms with Crippen LogP contribution in [0.3, 0.4) is 0 Å². The normalized spacial score (nSPS) is 10.5. The summed E-state index contributed by atoms with van der Waals surface area (Å²) in [6, 6.07) is 7.98. The fraction of sp³-hybridized carbons (Fsp3) is 0.381. The molecule has 2 rings (SSSR count). The van der Waals surface area contributed by atoms with E-state index in [1.807, 2.05) is 46.9 Å². The molecule has 0 spiro atoms. The zero-order valence-electron chi connectivity index (χ0n) is 16.2. The maximum atomic E-state index is 13.0. The third kappa shape index (κ3) is 3.95. The molecule has 0 bridgehead atoms. The number of aryl methyl sites for hydroxylation is 4. The Labute approximate surface area is 150 Å². The number of hydrogen-bond donors (Lipinski definition) is 0. The van der Waals surface area contributed by atoms with Crippen LogP contribution in [-0.2, 0) is 6.54 Å². The highest BCUT2D eigenvalue weighted by Crippen LogP contribution is 2.31. The molecule has 0 radical (unpaired) electrons. The van der Waals surface area contributed by atoms with Crippen LogP contribution < -0.4 is 9.47 Å². The molecule has 4 nitrogen and oxygen atoms in total. The monoisotopic (exact) mass is 341 g/mol. The Hall–Kier alpha value is -2.49. The van der Waals surface area contributed by atoms with Gasteiger partial charge in [-0.15, -0.1) is 0 Å². The zero-order valence-corrected chi connectivity index (χ0v) is 16.2. The SMILES string of the molecule is COc1cc(C)c(CN(C)C(=O)c2c(C)cc(C)cc2C)cc1OC. The fourth-order valence-electron chi connectivity index (χ4n) is 3.23. The fourth-order valence-corrected chi connectivity index (χ4v) is 3.23. The summed E-state index contributed by atoms with van der Waals surface area (Å²) in [7, 11) is 5.07. The number of rotatable bonds is 5. The van der Waals surface area contributed by atoms with Gasteiger partial charge in [-0.1, -0.05) is 17.7 Å². The van der Waals surface area contributed by atoms with Gasteiger partial charge in [-0.3, -0.25) is 4.79 Å². The van der Waals surface area contributed by atoms with Crippen molar-refractivity contribution in [1.29, 1.82) is 0 Å². The lowest BCUT2D eigenvalue weighted by Crippen LogP contribution is -2.28. The molecule has 134 valence electrons. The first kappa shape index (κ1) is 18.8. The molecule has 0 heterocycles. The van der Waals surface area contributed by atoms with E-state index in [-0.39, 0.29) is 5.91 Å². The Morgan fingerprint density at radius 2 is 1.40 bits per heavy atom. The number of nitrogens with zero attached hydrogens (tertiary/aromatic N) is 1. The predicted molar refractivity (Wildman–Crippen MR) is 101 cm³/mol. The van der Waals surface area contributed by atoms with Crippen LogP contribution in [0.25, 0.3) is 0 Å². The molecule has 25 heavy (non-hydrogen) atoms. The van der Waals surface area contributed by atoms with Gasteiger partial charge in [0.05, 0.1) is 14.2 Å². The molecule has 0 N–H and O–H groups in total. The van der Waals surface area contributed by atoms with Crippen molar-refractivity contribution in [1.82, 2.24) is 4.90 Å². The van der Waals surface area contributed by atoms with Gasteiger partial charge >= 0.3 is 0 Å². The van der Waals surface area contributed by atoms with E-state index < -0.39 is 0 Å². The lowest BCUT2D eigenvalue weighted by molar-refractivity contribution is 0.0783. The molecule has 1 amide bonds. The van der Waals surface area contributed by atoms with Crippen LogP contribution in [0.1, 0.15) is 38.2 Å². The van der Waals surface area contributed by atoms with Gasteiger partial charge in [-0.25, -0.2) is 0 Å². The molecule has 2 aromatic rings. The van der Waals surface area contributed by atoms with E-state index in [1.54, 1.807) is 19.1 Å². The molecular weight excluding hydrogens is 314 g/mol. The van der Waals surface area contributed by atoms with Crippen molar-refractivity contribution in [2.45, 2.75) is 34.2 Å². The van der Waals surface area contributed by atoms with E-state index in [2.05, 4.69) is 12.1 Å². The Balaban J connectivity index is 2.31. The molecule has 0 aliphatic heterocycles. The zero-order chi connectivity index (χ0) is 18.7. The molecule has 0 aromatic heterocycles. The van der Waals surface area contributed by atoms with Crippen LogP contribution in [0.2, 0.25) is 0 Å². The quantitative estimate of drug-likeness (QED) is 0.818. The van der Waals surface area contributed by atoms with Gasteiger partial charge in [0.15, 0.2) is 11.5 Å². The van der Waals surface area contributed by atoms with Crippen molar-refractivity contribution >= 4 is 5.91 Å². The second-order valence-corrected chi connectivity index (χ2v) is 6.57. The smallest absolute Gasteiger partial charge is 0.254 e. The number of methoxy groups -OCH3 is 2. The van der Waals surface area contributed by atoms with E-state index in [0.29, 0.717) is 18.0 Å². The summed E-state index contributed by atoms with van der Waals surface area (Å²) in [6.45, 7) is 8.55. The van der Waals surface area contributed by atoms with Crippen LogP contribution in [0.15, 0.2) is 24.3 Å². The lowest BCUT2D eigenvalue weighted by atomic mass is 9.98. The summed E-state index contributed by atoms with van der Waals surface area (Å²) in [5.74, 6) is 1.40. The topological polar surface area (TPSA) is 38.8 Å². The number of amides is 1. The lowest BCUT2D eigenvalue weighted by Gasteiger charge is -2.22. The third-order valence-corrected chi connectivity index (χ3v) is 4.49. The number of carbonyl (C=O) groups is 1. The number of ether oxygens (including phenoxy) is 2. The van der Waals surface area contributed by atoms with E-state index in [1.165, 1.54) is 5.56 Å². The summed E-state index contributed by atoms with van der Waals surface area (Å²) in [5, 5.41) is 0. The van der Waals surface area contributed by atoms with E-state index >= 15 is 0 Å². The van der Waals surface area contributed by atoms with Crippen molar-refractivity contribution in [3.63, 3.8) is 0 Å². The standard InChI is InChI=1S/C21H27NO3/c1-13-8-15(3)20(16(4)9-13)21(23)22(5)12-17-11-19(25-7)18(24-6)10-14(17)2/h8-11H,12H2,1-7H3. The number of carbonyl (C=O) groups excluding carboxylic acids is 1. The molecule has 2 aromatic carbocycles. The maximum absolute atomic E-state index is 13.0. The summed E-state index contributed by atoms with van der Waals surface area (Å²) < 4.78 is 10.7. The average Bonchev–Trinajstić information content (AvgIpc) is 2.55. The van der Waals surface area contributed by atoms with Gasteiger partial charge in [0, 0.05) is 19.2 Å². The van der Waals surface area contributed by atoms with Gasteiger partial charge in [-0.05, 0) is 62.1 Å². The summed E-state index contributed by atoms with van der Waals surface area (Å²) in [6.07, 6.45) is 0. The highest BCUT2D eigenvalue weighted by Gasteiger charge is 2.19. The van der Waals surface area contributed by atoms with Crippen LogP contribution in [-0.4, -0.2) is 32.1 Å². The molecule has 0 unspecified atom stereocenters. The largest absolute Gasteiger partial charge is 0.493 e. The number of benzene rings is 2. The van der Waals surface area contributed by atoms with Crippen molar-refractivity contribution in [3.05, 3.63) is 57.6 Å². The average molecular weight is 341 g/mol. The van der Waals surface area contributed by atoms with E-state index in [0.717, 1.165) is 27.8 Å². The minimum absolute atomic E-state index is 0.0317. The Morgan fingerprint density at radius 1 is 0.880 bits per heavy atom. The minimum Gasteiger partial charge on any atom is -0.493 e. The van der Waals surface area contributed by atoms with Crippen molar-refractivity contribution in [3.8, 4) is 11.5 Å². The summed E-state index contributed by atoms with van der Waals surface area (Å²) >= 11 is 0. The van der Waals surface area contributed by atoms with E-state index in [4.69, 9.17) is 9.47 Å². The highest BCUT2D eigenvalue weighted by molar-refractivity contribution is 5.97. The first-order valence-corrected chi connectivity index (χ1v) is 8.33. The van der Waals surface area contributed by atoms with Crippen LogP contribution in [0.5, 0.6) is 11.5 Å². The van der Waals surface area contributed by atoms with Gasteiger partial charge in [0.1, 0.15) is 0 Å². The Kier molecular flexibility index (Phi) is 5.73. The second-order valence-electron chi connectivity index (χ2n) is 6.57. The second kappa shape index (κ2) is 7.60. The minimum atomic E-state index is 0.0317. The first-order chi connectivity index (χ1) is 11.8. The third-order valence-electron chi connectivity index (χ3n) is 4.49. The molecule has 0 aliphatic rings. The molecule has 0 aliphatic carbocycles. The van der Waals surface area contributed by atoms with Gasteiger partial charge in [-0.2, -0.15) is 0 Å². The van der Waals surface area contributed by atoms with Crippen LogP contribution >= 0.6 is 0 Å². The Morgan fingerprint density at radius 3 is 1.92 bits per heavy atom. The molecule has 0 fully saturated rings. The molecule has 0 atom stereocenters. The molecule has 4 heteroatoms. The van der Waals surface area contributed by atoms with Gasteiger partial charge < -0.3 is 14.4 Å². The number of hydrogen-bond acceptors (Lipinski definition) is 3.